The van der Waals surface area contributed by atoms with Gasteiger partial charge in [-0.3, -0.25) is 9.59 Å². The van der Waals surface area contributed by atoms with E-state index in [0.717, 1.165) is 22.6 Å². The molecular weight excluding hydrogens is 364 g/mol. The van der Waals surface area contributed by atoms with Gasteiger partial charge in [-0.1, -0.05) is 49.4 Å². The molecule has 0 saturated heterocycles. The number of likely N-dealkylation sites (N-methyl/N-ethyl adjacent to an activating group) is 1. The molecule has 0 saturated carbocycles. The lowest BCUT2D eigenvalue weighted by Crippen LogP contribution is -2.29. The summed E-state index contributed by atoms with van der Waals surface area (Å²) >= 11 is 0. The molecular formula is C24H26N2O3. The molecule has 0 bridgehead atoms. The van der Waals surface area contributed by atoms with Crippen molar-refractivity contribution in [3.8, 4) is 0 Å². The summed E-state index contributed by atoms with van der Waals surface area (Å²) in [6.07, 6.45) is 2.34. The highest BCUT2D eigenvalue weighted by atomic mass is 16.3. The van der Waals surface area contributed by atoms with Gasteiger partial charge < -0.3 is 14.2 Å². The van der Waals surface area contributed by atoms with Gasteiger partial charge in [0, 0.05) is 19.2 Å². The summed E-state index contributed by atoms with van der Waals surface area (Å²) in [7, 11) is 1.76. The largest absolute Gasteiger partial charge is 0.467 e. The smallest absolute Gasteiger partial charge is 0.227 e. The first-order valence-electron chi connectivity index (χ1n) is 9.76. The number of hydrogen-bond acceptors (Lipinski definition) is 3. The maximum atomic E-state index is 12.5. The second-order valence-electron chi connectivity index (χ2n) is 6.99. The van der Waals surface area contributed by atoms with Gasteiger partial charge in [-0.15, -0.1) is 0 Å². The Morgan fingerprint density at radius 3 is 2.17 bits per heavy atom. The van der Waals surface area contributed by atoms with Crippen LogP contribution in [0.5, 0.6) is 0 Å². The van der Waals surface area contributed by atoms with Crippen LogP contribution in [-0.4, -0.2) is 23.8 Å². The Hall–Kier alpha value is -3.34. The minimum Gasteiger partial charge on any atom is -0.467 e. The van der Waals surface area contributed by atoms with Crippen molar-refractivity contribution in [1.82, 2.24) is 4.90 Å². The van der Waals surface area contributed by atoms with Crippen LogP contribution < -0.4 is 4.90 Å². The second kappa shape index (κ2) is 9.73. The number of rotatable bonds is 8. The predicted molar refractivity (Wildman–Crippen MR) is 113 cm³/mol. The SMILES string of the molecule is CCC(=O)N(Cc1ccccc1)c1ccc(CC(=O)N(C)Cc2ccco2)cc1. The van der Waals surface area contributed by atoms with E-state index in [1.54, 1.807) is 23.1 Å². The molecule has 0 spiro atoms. The molecule has 2 amide bonds. The van der Waals surface area contributed by atoms with Gasteiger partial charge >= 0.3 is 0 Å². The number of furan rings is 1. The first kappa shape index (κ1) is 20.4. The third-order valence-corrected chi connectivity index (χ3v) is 4.79. The molecule has 1 aromatic heterocycles. The van der Waals surface area contributed by atoms with Crippen LogP contribution in [0.4, 0.5) is 5.69 Å². The standard InChI is InChI=1S/C24H26N2O3/c1-3-23(27)26(17-20-8-5-4-6-9-20)21-13-11-19(12-14-21)16-24(28)25(2)18-22-10-7-15-29-22/h4-15H,3,16-18H2,1-2H3. The third kappa shape index (κ3) is 5.57. The topological polar surface area (TPSA) is 53.8 Å². The van der Waals surface area contributed by atoms with Crippen LogP contribution in [0.3, 0.4) is 0 Å². The fraction of sp³-hybridized carbons (Fsp3) is 0.250. The van der Waals surface area contributed by atoms with Gasteiger partial charge in [0.2, 0.25) is 11.8 Å². The molecule has 0 aliphatic rings. The Morgan fingerprint density at radius 2 is 1.55 bits per heavy atom. The van der Waals surface area contributed by atoms with Crippen molar-refractivity contribution in [2.75, 3.05) is 11.9 Å². The van der Waals surface area contributed by atoms with E-state index < -0.39 is 0 Å². The number of amides is 2. The number of anilines is 1. The Kier molecular flexibility index (Phi) is 6.85. The van der Waals surface area contributed by atoms with E-state index >= 15 is 0 Å². The maximum absolute atomic E-state index is 12.5. The summed E-state index contributed by atoms with van der Waals surface area (Å²) in [5, 5.41) is 0. The zero-order chi connectivity index (χ0) is 20.6. The van der Waals surface area contributed by atoms with Crippen molar-refractivity contribution in [3.05, 3.63) is 89.9 Å². The quantitative estimate of drug-likeness (QED) is 0.572. The fourth-order valence-corrected chi connectivity index (χ4v) is 3.11. The van der Waals surface area contributed by atoms with Crippen LogP contribution >= 0.6 is 0 Å². The van der Waals surface area contributed by atoms with Crippen LogP contribution in [-0.2, 0) is 29.1 Å². The normalized spacial score (nSPS) is 10.6. The van der Waals surface area contributed by atoms with Crippen LogP contribution in [0.25, 0.3) is 0 Å². The zero-order valence-corrected chi connectivity index (χ0v) is 16.9. The summed E-state index contributed by atoms with van der Waals surface area (Å²) in [5.74, 6) is 0.835. The number of nitrogens with zero attached hydrogens (tertiary/aromatic N) is 2. The summed E-state index contributed by atoms with van der Waals surface area (Å²) in [4.78, 5) is 28.4. The molecule has 0 aliphatic heterocycles. The Morgan fingerprint density at radius 1 is 0.828 bits per heavy atom. The third-order valence-electron chi connectivity index (χ3n) is 4.79. The first-order valence-corrected chi connectivity index (χ1v) is 9.76. The lowest BCUT2D eigenvalue weighted by Gasteiger charge is -2.23. The molecule has 0 radical (unpaired) electrons. The van der Waals surface area contributed by atoms with E-state index in [-0.39, 0.29) is 11.8 Å². The Labute approximate surface area is 171 Å². The van der Waals surface area contributed by atoms with Crippen molar-refractivity contribution < 1.29 is 14.0 Å². The number of benzene rings is 2. The van der Waals surface area contributed by atoms with E-state index in [0.29, 0.717) is 25.9 Å². The molecule has 2 aromatic carbocycles. The van der Waals surface area contributed by atoms with Crippen molar-refractivity contribution >= 4 is 17.5 Å². The van der Waals surface area contributed by atoms with Crippen LogP contribution in [0.2, 0.25) is 0 Å². The summed E-state index contributed by atoms with van der Waals surface area (Å²) in [5.41, 5.74) is 2.82. The van der Waals surface area contributed by atoms with Gasteiger partial charge in [-0.05, 0) is 35.4 Å². The van der Waals surface area contributed by atoms with Gasteiger partial charge in [0.25, 0.3) is 0 Å². The number of carbonyl (C=O) groups excluding carboxylic acids is 2. The molecule has 29 heavy (non-hydrogen) atoms. The van der Waals surface area contributed by atoms with E-state index in [9.17, 15) is 9.59 Å². The lowest BCUT2D eigenvalue weighted by atomic mass is 10.1. The summed E-state index contributed by atoms with van der Waals surface area (Å²) < 4.78 is 5.30. The molecule has 0 N–H and O–H groups in total. The van der Waals surface area contributed by atoms with Crippen molar-refractivity contribution in [2.45, 2.75) is 32.9 Å². The second-order valence-corrected chi connectivity index (χ2v) is 6.99. The van der Waals surface area contributed by atoms with Crippen molar-refractivity contribution in [3.63, 3.8) is 0 Å². The number of hydrogen-bond donors (Lipinski definition) is 0. The molecule has 5 nitrogen and oxygen atoms in total. The monoisotopic (exact) mass is 390 g/mol. The van der Waals surface area contributed by atoms with E-state index in [2.05, 4.69) is 0 Å². The van der Waals surface area contributed by atoms with Gasteiger partial charge in [-0.25, -0.2) is 0 Å². The van der Waals surface area contributed by atoms with Gasteiger partial charge in [-0.2, -0.15) is 0 Å². The highest BCUT2D eigenvalue weighted by Gasteiger charge is 2.16. The van der Waals surface area contributed by atoms with E-state index in [1.807, 2.05) is 73.7 Å². The minimum atomic E-state index is 0.0138. The van der Waals surface area contributed by atoms with Crippen molar-refractivity contribution in [2.24, 2.45) is 0 Å². The van der Waals surface area contributed by atoms with Gasteiger partial charge in [0.15, 0.2) is 0 Å². The van der Waals surface area contributed by atoms with Crippen LogP contribution in [0.1, 0.15) is 30.2 Å². The molecule has 5 heteroatoms. The molecule has 0 atom stereocenters. The average molecular weight is 390 g/mol. The zero-order valence-electron chi connectivity index (χ0n) is 16.9. The number of carbonyl (C=O) groups is 2. The average Bonchev–Trinajstić information content (AvgIpc) is 3.26. The van der Waals surface area contributed by atoms with E-state index in [1.165, 1.54) is 0 Å². The first-order chi connectivity index (χ1) is 14.1. The molecule has 3 aromatic rings. The molecule has 1 heterocycles. The Balaban J connectivity index is 1.66. The van der Waals surface area contributed by atoms with Crippen LogP contribution in [0, 0.1) is 0 Å². The summed E-state index contributed by atoms with van der Waals surface area (Å²) in [6.45, 7) is 2.83. The summed E-state index contributed by atoms with van der Waals surface area (Å²) in [6, 6.07) is 21.2. The highest BCUT2D eigenvalue weighted by molar-refractivity contribution is 5.93. The molecule has 0 fully saturated rings. The van der Waals surface area contributed by atoms with E-state index in [4.69, 9.17) is 4.42 Å². The van der Waals surface area contributed by atoms with Gasteiger partial charge in [0.05, 0.1) is 25.8 Å². The molecule has 0 unspecified atom stereocenters. The predicted octanol–water partition coefficient (Wildman–Crippen LogP) is 4.42. The Bertz CT molecular complexity index is 919. The lowest BCUT2D eigenvalue weighted by molar-refractivity contribution is -0.130. The minimum absolute atomic E-state index is 0.0138. The fourth-order valence-electron chi connectivity index (χ4n) is 3.11. The van der Waals surface area contributed by atoms with Gasteiger partial charge in [0.1, 0.15) is 5.76 Å². The molecule has 150 valence electrons. The highest BCUT2D eigenvalue weighted by Crippen LogP contribution is 2.20. The van der Waals surface area contributed by atoms with Crippen LogP contribution in [0.15, 0.2) is 77.4 Å². The maximum Gasteiger partial charge on any atom is 0.227 e. The van der Waals surface area contributed by atoms with Crippen molar-refractivity contribution in [1.29, 1.82) is 0 Å². The molecule has 3 rings (SSSR count). The molecule has 0 aliphatic carbocycles.